The predicted molar refractivity (Wildman–Crippen MR) is 252 cm³/mol. The Bertz CT molecular complexity index is 2600. The van der Waals surface area contributed by atoms with Gasteiger partial charge < -0.3 is 38.6 Å². The topological polar surface area (TPSA) is 156 Å². The molecule has 1 aliphatic carbocycles. The minimum atomic E-state index is -1.09. The molecule has 7 heterocycles. The first kappa shape index (κ1) is 47.6. The summed E-state index contributed by atoms with van der Waals surface area (Å²) in [5.74, 6) is -1.28. The van der Waals surface area contributed by atoms with Crippen molar-refractivity contribution in [3.05, 3.63) is 71.1 Å². The zero-order valence-corrected chi connectivity index (χ0v) is 40.0. The molecule has 4 fully saturated rings. The monoisotopic (exact) mass is 956 g/mol. The second-order valence-electron chi connectivity index (χ2n) is 19.1. The second-order valence-corrected chi connectivity index (χ2v) is 20.0. The summed E-state index contributed by atoms with van der Waals surface area (Å²) in [5, 5.41) is 9.49. The Morgan fingerprint density at radius 3 is 2.50 bits per heavy atom. The van der Waals surface area contributed by atoms with Crippen molar-refractivity contribution in [2.75, 3.05) is 52.9 Å². The van der Waals surface area contributed by atoms with Crippen LogP contribution in [-0.2, 0) is 27.5 Å². The maximum Gasteiger partial charge on any atom is 0.270 e. The Morgan fingerprint density at radius 1 is 0.926 bits per heavy atom. The quantitative estimate of drug-likeness (QED) is 0.108. The van der Waals surface area contributed by atoms with E-state index < -0.39 is 29.5 Å². The molecule has 1 aromatic carbocycles. The number of thiophene rings is 1. The Morgan fingerprint density at radius 2 is 1.72 bits per heavy atom. The molecule has 0 spiro atoms. The average Bonchev–Trinajstić information content (AvgIpc) is 4.19. The number of aromatic nitrogens is 3. The number of ether oxygens (including phenoxy) is 2. The number of rotatable bonds is 16. The standard InChI is InChI=1S/C50H62F2N8O7S/c1-31-27-57(49(63)38(25-44(61)32(2)53-3)33-8-5-4-6-9-33)19-20-58(31)50(64)43-23-34-22-39(51)40(52)26-42(34)60(43)29-47(62)59-16-7-10-35(59)30-65-46-24-37(67-55-46)28-56-17-12-36(13-18-56)66-45-11-15-54-41-14-21-68-48(41)45/h11,14-15,21-24,26,31-33,35-36,38,53H,4-10,12-13,16-20,25,27-30H2,1-3H3/t31-,32-,35-,38-/m0/s1. The van der Waals surface area contributed by atoms with Gasteiger partial charge in [-0.3, -0.25) is 29.1 Å². The van der Waals surface area contributed by atoms with Gasteiger partial charge in [-0.05, 0) is 100 Å². The Kier molecular flexibility index (Phi) is 14.7. The number of piperazine rings is 1. The minimum absolute atomic E-state index is 0.0114. The maximum atomic E-state index is 14.9. The number of amides is 3. The van der Waals surface area contributed by atoms with Crippen LogP contribution in [0.3, 0.4) is 0 Å². The molecule has 1 N–H and O–H groups in total. The van der Waals surface area contributed by atoms with Crippen LogP contribution in [0.5, 0.6) is 11.6 Å². The van der Waals surface area contributed by atoms with Crippen molar-refractivity contribution >= 4 is 56.0 Å². The smallest absolute Gasteiger partial charge is 0.270 e. The third-order valence-corrected chi connectivity index (χ3v) is 15.6. The van der Waals surface area contributed by atoms with E-state index in [1.165, 1.54) is 10.6 Å². The minimum Gasteiger partial charge on any atom is -0.489 e. The van der Waals surface area contributed by atoms with Gasteiger partial charge in [-0.25, -0.2) is 8.78 Å². The Hall–Kier alpha value is -5.46. The molecule has 68 heavy (non-hydrogen) atoms. The van der Waals surface area contributed by atoms with E-state index in [4.69, 9.17) is 14.0 Å². The number of likely N-dealkylation sites (N-methyl/N-ethyl adjacent to an activating group) is 1. The lowest BCUT2D eigenvalue weighted by atomic mass is 9.76. The van der Waals surface area contributed by atoms with E-state index in [-0.39, 0.29) is 92.1 Å². The number of likely N-dealkylation sites (tertiary alicyclic amines) is 2. The zero-order chi connectivity index (χ0) is 47.5. The van der Waals surface area contributed by atoms with Crippen molar-refractivity contribution in [2.45, 2.75) is 115 Å². The van der Waals surface area contributed by atoms with Crippen LogP contribution in [0.25, 0.3) is 21.1 Å². The maximum absolute atomic E-state index is 14.9. The lowest BCUT2D eigenvalue weighted by Gasteiger charge is -2.42. The SMILES string of the molecule is CN[C@@H](C)C(=O)C[C@H](C(=O)N1CCN(C(=O)c2cc3cc(F)c(F)cc3n2CC(=O)N2CCC[C@H]2COc2cc(CN3CCC(Oc4ccnc5ccsc45)CC3)on2)[C@@H](C)C1)C1CCCCC1. The van der Waals surface area contributed by atoms with Gasteiger partial charge in [0.2, 0.25) is 11.8 Å². The molecule has 3 saturated heterocycles. The van der Waals surface area contributed by atoms with Crippen molar-refractivity contribution in [3.63, 3.8) is 0 Å². The van der Waals surface area contributed by atoms with Crippen molar-refractivity contribution < 1.29 is 42.0 Å². The molecule has 0 bridgehead atoms. The molecule has 0 unspecified atom stereocenters. The third-order valence-electron chi connectivity index (χ3n) is 14.7. The van der Waals surface area contributed by atoms with E-state index in [0.717, 1.165) is 92.6 Å². The summed E-state index contributed by atoms with van der Waals surface area (Å²) in [6, 6.07) is 8.25. The van der Waals surface area contributed by atoms with Gasteiger partial charge in [0.1, 0.15) is 36.5 Å². The number of hydrogen-bond acceptors (Lipinski definition) is 12. The van der Waals surface area contributed by atoms with Gasteiger partial charge in [0.15, 0.2) is 17.4 Å². The molecule has 4 aromatic heterocycles. The van der Waals surface area contributed by atoms with Gasteiger partial charge in [0.05, 0.1) is 34.4 Å². The molecule has 9 rings (SSSR count). The molecule has 4 atom stereocenters. The summed E-state index contributed by atoms with van der Waals surface area (Å²) in [4.78, 5) is 68.0. The lowest BCUT2D eigenvalue weighted by molar-refractivity contribution is -0.143. The molecule has 3 aliphatic heterocycles. The van der Waals surface area contributed by atoms with Gasteiger partial charge in [0, 0.05) is 81.4 Å². The molecular formula is C50H62F2N8O7S. The molecule has 5 aromatic rings. The number of halogens is 2. The number of benzene rings is 1. The fourth-order valence-electron chi connectivity index (χ4n) is 10.7. The first-order chi connectivity index (χ1) is 32.9. The number of Topliss-reactive ketones (excluding diaryl/α,β-unsaturated/α-hetero) is 1. The van der Waals surface area contributed by atoms with E-state index in [1.54, 1.807) is 45.3 Å². The van der Waals surface area contributed by atoms with Gasteiger partial charge in [-0.2, -0.15) is 0 Å². The summed E-state index contributed by atoms with van der Waals surface area (Å²) in [7, 11) is 1.74. The Labute approximate surface area is 399 Å². The molecule has 364 valence electrons. The normalized spacial score (nSPS) is 20.9. The number of hydrogen-bond donors (Lipinski definition) is 1. The van der Waals surface area contributed by atoms with E-state index in [9.17, 15) is 28.0 Å². The number of carbonyl (C=O) groups is 4. The molecular weight excluding hydrogens is 895 g/mol. The van der Waals surface area contributed by atoms with Crippen LogP contribution < -0.4 is 14.8 Å². The molecule has 3 amide bonds. The van der Waals surface area contributed by atoms with Crippen LogP contribution in [0.15, 0.2) is 52.5 Å². The van der Waals surface area contributed by atoms with Crippen LogP contribution >= 0.6 is 11.3 Å². The summed E-state index contributed by atoms with van der Waals surface area (Å²) < 4.78 is 50.2. The first-order valence-electron chi connectivity index (χ1n) is 24.3. The van der Waals surface area contributed by atoms with Crippen molar-refractivity contribution in [2.24, 2.45) is 11.8 Å². The highest BCUT2D eigenvalue weighted by molar-refractivity contribution is 7.17. The van der Waals surface area contributed by atoms with E-state index in [0.29, 0.717) is 36.5 Å². The predicted octanol–water partition coefficient (Wildman–Crippen LogP) is 7.07. The summed E-state index contributed by atoms with van der Waals surface area (Å²) in [6.45, 7) is 7.07. The average molecular weight is 957 g/mol. The number of piperidine rings is 1. The number of nitrogens with zero attached hydrogens (tertiary/aromatic N) is 7. The molecule has 1 saturated carbocycles. The Balaban J connectivity index is 0.815. The van der Waals surface area contributed by atoms with Crippen LogP contribution in [-0.4, -0.2) is 135 Å². The highest BCUT2D eigenvalue weighted by Gasteiger charge is 2.39. The van der Waals surface area contributed by atoms with Crippen molar-refractivity contribution in [1.82, 2.24) is 39.6 Å². The molecule has 18 heteroatoms. The molecule has 4 aliphatic rings. The van der Waals surface area contributed by atoms with E-state index in [2.05, 4.69) is 20.4 Å². The fraction of sp³-hybridized carbons (Fsp3) is 0.560. The molecule has 15 nitrogen and oxygen atoms in total. The number of nitrogens with one attached hydrogen (secondary N) is 1. The summed E-state index contributed by atoms with van der Waals surface area (Å²) >= 11 is 1.63. The first-order valence-corrected chi connectivity index (χ1v) is 25.2. The molecule has 0 radical (unpaired) electrons. The van der Waals surface area contributed by atoms with Crippen LogP contribution in [0, 0.1) is 23.5 Å². The second kappa shape index (κ2) is 21.0. The van der Waals surface area contributed by atoms with Gasteiger partial charge in [0.25, 0.3) is 11.8 Å². The number of carbonyl (C=O) groups excluding carboxylic acids is 4. The highest BCUT2D eigenvalue weighted by atomic mass is 32.1. The number of fused-ring (bicyclic) bond motifs is 2. The van der Waals surface area contributed by atoms with Gasteiger partial charge in [-0.15, -0.1) is 11.3 Å². The van der Waals surface area contributed by atoms with Crippen LogP contribution in [0.2, 0.25) is 0 Å². The van der Waals surface area contributed by atoms with Gasteiger partial charge >= 0.3 is 0 Å². The number of pyridine rings is 1. The summed E-state index contributed by atoms with van der Waals surface area (Å²) in [5.41, 5.74) is 1.30. The fourth-order valence-corrected chi connectivity index (χ4v) is 11.5. The number of ketones is 1. The van der Waals surface area contributed by atoms with E-state index in [1.807, 2.05) is 31.4 Å². The van der Waals surface area contributed by atoms with Crippen molar-refractivity contribution in [1.29, 1.82) is 0 Å². The zero-order valence-electron chi connectivity index (χ0n) is 39.2. The van der Waals surface area contributed by atoms with Gasteiger partial charge in [-0.1, -0.05) is 19.3 Å². The van der Waals surface area contributed by atoms with E-state index >= 15 is 0 Å². The van der Waals surface area contributed by atoms with Crippen LogP contribution in [0.4, 0.5) is 8.78 Å². The van der Waals surface area contributed by atoms with Crippen molar-refractivity contribution in [3.8, 4) is 11.6 Å². The largest absolute Gasteiger partial charge is 0.489 e. The third kappa shape index (κ3) is 10.4. The lowest BCUT2D eigenvalue weighted by Crippen LogP contribution is -2.57. The summed E-state index contributed by atoms with van der Waals surface area (Å²) in [6.07, 6.45) is 10.3. The highest BCUT2D eigenvalue weighted by Crippen LogP contribution is 2.35. The van der Waals surface area contributed by atoms with Crippen LogP contribution in [0.1, 0.15) is 94.3 Å².